The van der Waals surface area contributed by atoms with E-state index in [0.29, 0.717) is 25.3 Å². The molecule has 1 rings (SSSR count). The second-order valence-corrected chi connectivity index (χ2v) is 6.23. The molecule has 0 spiro atoms. The Kier molecular flexibility index (Phi) is 8.13. The molecule has 1 aliphatic rings. The summed E-state index contributed by atoms with van der Waals surface area (Å²) in [5, 5.41) is 2.44. The Morgan fingerprint density at radius 1 is 1.27 bits per heavy atom. The molecule has 1 fully saturated rings. The zero-order valence-electron chi connectivity index (χ0n) is 14.2. The molecular formula is C17H30N2O3. The topological polar surface area (TPSA) is 66.5 Å². The highest BCUT2D eigenvalue weighted by molar-refractivity contribution is 5.99. The molecule has 5 heteroatoms. The minimum atomic E-state index is -0.555. The van der Waals surface area contributed by atoms with Crippen LogP contribution in [0.25, 0.3) is 0 Å². The van der Waals surface area contributed by atoms with Crippen LogP contribution in [-0.2, 0) is 14.4 Å². The van der Waals surface area contributed by atoms with Gasteiger partial charge >= 0.3 is 0 Å². The van der Waals surface area contributed by atoms with Crippen molar-refractivity contribution < 1.29 is 14.4 Å². The molecule has 1 heterocycles. The van der Waals surface area contributed by atoms with E-state index < -0.39 is 6.04 Å². The Bertz CT molecular complexity index is 395. The SMILES string of the molecule is CCCCC(CC)CCC(=O)NC(=O)[C@H](C)N1CCCC1=O. The van der Waals surface area contributed by atoms with Gasteiger partial charge in [0.15, 0.2) is 0 Å². The second kappa shape index (κ2) is 9.59. The van der Waals surface area contributed by atoms with Gasteiger partial charge in [-0.1, -0.05) is 39.5 Å². The Labute approximate surface area is 133 Å². The first-order valence-corrected chi connectivity index (χ1v) is 8.62. The number of carbonyl (C=O) groups is 3. The first-order valence-electron chi connectivity index (χ1n) is 8.62. The minimum absolute atomic E-state index is 0.000659. The van der Waals surface area contributed by atoms with Crippen molar-refractivity contribution in [2.75, 3.05) is 6.54 Å². The first-order chi connectivity index (χ1) is 10.5. The van der Waals surface area contributed by atoms with Crippen LogP contribution in [0.4, 0.5) is 0 Å². The van der Waals surface area contributed by atoms with E-state index in [1.165, 1.54) is 12.8 Å². The quantitative estimate of drug-likeness (QED) is 0.712. The van der Waals surface area contributed by atoms with Gasteiger partial charge in [0, 0.05) is 19.4 Å². The van der Waals surface area contributed by atoms with Gasteiger partial charge in [-0.25, -0.2) is 0 Å². The van der Waals surface area contributed by atoms with Crippen LogP contribution in [0.1, 0.15) is 72.1 Å². The molecule has 126 valence electrons. The van der Waals surface area contributed by atoms with Gasteiger partial charge in [-0.2, -0.15) is 0 Å². The van der Waals surface area contributed by atoms with E-state index in [0.717, 1.165) is 25.7 Å². The second-order valence-electron chi connectivity index (χ2n) is 6.23. The molecule has 3 amide bonds. The molecule has 1 aliphatic heterocycles. The third-order valence-electron chi connectivity index (χ3n) is 4.54. The maximum atomic E-state index is 12.0. The van der Waals surface area contributed by atoms with E-state index in [2.05, 4.69) is 19.2 Å². The summed E-state index contributed by atoms with van der Waals surface area (Å²) < 4.78 is 0. The van der Waals surface area contributed by atoms with Crippen molar-refractivity contribution in [2.24, 2.45) is 5.92 Å². The van der Waals surface area contributed by atoms with E-state index in [4.69, 9.17) is 0 Å². The molecule has 0 bridgehead atoms. The number of rotatable bonds is 9. The number of nitrogens with zero attached hydrogens (tertiary/aromatic N) is 1. The minimum Gasteiger partial charge on any atom is -0.331 e. The number of hydrogen-bond donors (Lipinski definition) is 1. The van der Waals surface area contributed by atoms with E-state index >= 15 is 0 Å². The molecule has 2 atom stereocenters. The summed E-state index contributed by atoms with van der Waals surface area (Å²) in [6.07, 6.45) is 7.07. The number of imide groups is 1. The Hall–Kier alpha value is -1.39. The largest absolute Gasteiger partial charge is 0.331 e. The van der Waals surface area contributed by atoms with E-state index in [1.807, 2.05) is 0 Å². The molecule has 22 heavy (non-hydrogen) atoms. The van der Waals surface area contributed by atoms with Crippen molar-refractivity contribution in [3.05, 3.63) is 0 Å². The van der Waals surface area contributed by atoms with Gasteiger partial charge in [0.25, 0.3) is 0 Å². The van der Waals surface area contributed by atoms with Crippen LogP contribution in [0.15, 0.2) is 0 Å². The number of amides is 3. The molecule has 0 saturated carbocycles. The lowest BCUT2D eigenvalue weighted by atomic mass is 9.94. The predicted octanol–water partition coefficient (Wildman–Crippen LogP) is 2.64. The summed E-state index contributed by atoms with van der Waals surface area (Å²) >= 11 is 0. The summed E-state index contributed by atoms with van der Waals surface area (Å²) in [7, 11) is 0. The molecule has 1 unspecified atom stereocenters. The summed E-state index contributed by atoms with van der Waals surface area (Å²) in [4.78, 5) is 37.1. The monoisotopic (exact) mass is 310 g/mol. The summed E-state index contributed by atoms with van der Waals surface area (Å²) in [6, 6.07) is -0.555. The zero-order chi connectivity index (χ0) is 16.5. The highest BCUT2D eigenvalue weighted by Gasteiger charge is 2.30. The molecule has 0 radical (unpaired) electrons. The molecule has 0 aliphatic carbocycles. The van der Waals surface area contributed by atoms with Crippen molar-refractivity contribution >= 4 is 17.7 Å². The Morgan fingerprint density at radius 2 is 2.00 bits per heavy atom. The fourth-order valence-corrected chi connectivity index (χ4v) is 2.91. The number of carbonyl (C=O) groups excluding carboxylic acids is 3. The molecule has 0 aromatic heterocycles. The molecule has 1 N–H and O–H groups in total. The van der Waals surface area contributed by atoms with E-state index in [-0.39, 0.29) is 17.7 Å². The first kappa shape index (κ1) is 18.7. The average Bonchev–Trinajstić information content (AvgIpc) is 2.92. The van der Waals surface area contributed by atoms with Crippen LogP contribution in [0, 0.1) is 5.92 Å². The predicted molar refractivity (Wildman–Crippen MR) is 86.1 cm³/mol. The fourth-order valence-electron chi connectivity index (χ4n) is 2.91. The van der Waals surface area contributed by atoms with Gasteiger partial charge in [0.2, 0.25) is 17.7 Å². The smallest absolute Gasteiger partial charge is 0.249 e. The standard InChI is InChI=1S/C17H30N2O3/c1-4-6-8-14(5-2)10-11-15(20)18-17(22)13(3)19-12-7-9-16(19)21/h13-14H,4-12H2,1-3H3,(H,18,20,22)/t13-,14?/m0/s1. The van der Waals surface area contributed by atoms with E-state index in [9.17, 15) is 14.4 Å². The van der Waals surface area contributed by atoms with Crippen molar-refractivity contribution in [3.63, 3.8) is 0 Å². The molecule has 0 aromatic rings. The lowest BCUT2D eigenvalue weighted by molar-refractivity contribution is -0.139. The highest BCUT2D eigenvalue weighted by Crippen LogP contribution is 2.18. The summed E-state index contributed by atoms with van der Waals surface area (Å²) in [5.41, 5.74) is 0. The zero-order valence-corrected chi connectivity index (χ0v) is 14.2. The van der Waals surface area contributed by atoms with Gasteiger partial charge in [-0.05, 0) is 25.7 Å². The Morgan fingerprint density at radius 3 is 2.55 bits per heavy atom. The third-order valence-corrected chi connectivity index (χ3v) is 4.54. The van der Waals surface area contributed by atoms with E-state index in [1.54, 1.807) is 11.8 Å². The van der Waals surface area contributed by atoms with Crippen molar-refractivity contribution in [2.45, 2.75) is 78.2 Å². The lowest BCUT2D eigenvalue weighted by Gasteiger charge is -2.23. The molecular weight excluding hydrogens is 280 g/mol. The van der Waals surface area contributed by atoms with Crippen molar-refractivity contribution in [1.82, 2.24) is 10.2 Å². The van der Waals surface area contributed by atoms with Gasteiger partial charge in [0.05, 0.1) is 0 Å². The highest BCUT2D eigenvalue weighted by atomic mass is 16.2. The van der Waals surface area contributed by atoms with Crippen molar-refractivity contribution in [3.8, 4) is 0 Å². The van der Waals surface area contributed by atoms with Crippen LogP contribution >= 0.6 is 0 Å². The average molecular weight is 310 g/mol. The third kappa shape index (κ3) is 5.78. The molecule has 0 aromatic carbocycles. The number of nitrogens with one attached hydrogen (secondary N) is 1. The van der Waals surface area contributed by atoms with Gasteiger partial charge in [0.1, 0.15) is 6.04 Å². The van der Waals surface area contributed by atoms with Crippen LogP contribution in [0.3, 0.4) is 0 Å². The molecule has 5 nitrogen and oxygen atoms in total. The van der Waals surface area contributed by atoms with Gasteiger partial charge in [-0.3, -0.25) is 19.7 Å². The van der Waals surface area contributed by atoms with Gasteiger partial charge < -0.3 is 4.90 Å². The number of unbranched alkanes of at least 4 members (excludes halogenated alkanes) is 1. The van der Waals surface area contributed by atoms with Crippen molar-refractivity contribution in [1.29, 1.82) is 0 Å². The number of likely N-dealkylation sites (tertiary alicyclic amines) is 1. The van der Waals surface area contributed by atoms with Gasteiger partial charge in [-0.15, -0.1) is 0 Å². The molecule has 1 saturated heterocycles. The van der Waals surface area contributed by atoms with Crippen LogP contribution < -0.4 is 5.32 Å². The normalized spacial score (nSPS) is 17.4. The van der Waals surface area contributed by atoms with Crippen LogP contribution in [0.5, 0.6) is 0 Å². The summed E-state index contributed by atoms with van der Waals surface area (Å²) in [6.45, 7) is 6.60. The Balaban J connectivity index is 2.34. The maximum Gasteiger partial charge on any atom is 0.249 e. The lowest BCUT2D eigenvalue weighted by Crippen LogP contribution is -2.47. The maximum absolute atomic E-state index is 12.0. The van der Waals surface area contributed by atoms with Crippen LogP contribution in [-0.4, -0.2) is 35.2 Å². The summed E-state index contributed by atoms with van der Waals surface area (Å²) in [5.74, 6) is -0.0283. The fraction of sp³-hybridized carbons (Fsp3) is 0.824. The van der Waals surface area contributed by atoms with Crippen LogP contribution in [0.2, 0.25) is 0 Å². The number of hydrogen-bond acceptors (Lipinski definition) is 3.